The molecule has 0 unspecified atom stereocenters. The third-order valence-electron chi connectivity index (χ3n) is 1.52. The van der Waals surface area contributed by atoms with Gasteiger partial charge >= 0.3 is 0 Å². The molecule has 3 N–H and O–H groups in total. The SMILES string of the molecule is CC(C)(C)C(=O)c1cnc(N)[nH]1. The molecular weight excluding hydrogens is 154 g/mol. The number of aromatic amines is 1. The van der Waals surface area contributed by atoms with Gasteiger partial charge in [-0.05, 0) is 0 Å². The fourth-order valence-corrected chi connectivity index (χ4v) is 0.856. The van der Waals surface area contributed by atoms with Crippen LogP contribution in [0.4, 0.5) is 5.95 Å². The molecule has 0 aromatic carbocycles. The first-order chi connectivity index (χ1) is 5.41. The molecule has 0 saturated carbocycles. The fraction of sp³-hybridized carbons (Fsp3) is 0.500. The van der Waals surface area contributed by atoms with Crippen molar-refractivity contribution in [1.82, 2.24) is 9.97 Å². The van der Waals surface area contributed by atoms with Gasteiger partial charge in [0.05, 0.1) is 6.20 Å². The van der Waals surface area contributed by atoms with E-state index in [-0.39, 0.29) is 17.1 Å². The summed E-state index contributed by atoms with van der Waals surface area (Å²) < 4.78 is 0. The number of anilines is 1. The minimum Gasteiger partial charge on any atom is -0.369 e. The van der Waals surface area contributed by atoms with Crippen LogP contribution in [0.1, 0.15) is 31.3 Å². The number of carbonyl (C=O) groups excluding carboxylic acids is 1. The number of nitrogens with zero attached hydrogens (tertiary/aromatic N) is 1. The number of carbonyl (C=O) groups is 1. The third kappa shape index (κ3) is 1.64. The standard InChI is InChI=1S/C8H13N3O/c1-8(2,3)6(12)5-4-10-7(9)11-5/h4H,1-3H3,(H3,9,10,11). The lowest BCUT2D eigenvalue weighted by atomic mass is 9.89. The molecular formula is C8H13N3O. The Balaban J connectivity index is 2.93. The lowest BCUT2D eigenvalue weighted by Crippen LogP contribution is -2.20. The van der Waals surface area contributed by atoms with Crippen LogP contribution in [0.3, 0.4) is 0 Å². The van der Waals surface area contributed by atoms with E-state index in [9.17, 15) is 4.79 Å². The van der Waals surface area contributed by atoms with Crippen molar-refractivity contribution in [1.29, 1.82) is 0 Å². The second-order valence-corrected chi connectivity index (χ2v) is 3.76. The van der Waals surface area contributed by atoms with Gasteiger partial charge in [-0.25, -0.2) is 4.98 Å². The Bertz CT molecular complexity index is 295. The molecule has 0 saturated heterocycles. The van der Waals surface area contributed by atoms with Crippen LogP contribution in [-0.2, 0) is 0 Å². The molecule has 0 aliphatic rings. The van der Waals surface area contributed by atoms with Gasteiger partial charge in [-0.1, -0.05) is 20.8 Å². The topological polar surface area (TPSA) is 71.8 Å². The first-order valence-electron chi connectivity index (χ1n) is 3.76. The maximum atomic E-state index is 11.6. The third-order valence-corrected chi connectivity index (χ3v) is 1.52. The zero-order chi connectivity index (χ0) is 9.35. The molecule has 4 nitrogen and oxygen atoms in total. The number of rotatable bonds is 1. The number of imidazole rings is 1. The van der Waals surface area contributed by atoms with E-state index in [4.69, 9.17) is 5.73 Å². The number of aromatic nitrogens is 2. The monoisotopic (exact) mass is 167 g/mol. The zero-order valence-corrected chi connectivity index (χ0v) is 7.51. The second kappa shape index (κ2) is 2.62. The average Bonchev–Trinajstić information content (AvgIpc) is 2.32. The number of hydrogen-bond acceptors (Lipinski definition) is 3. The summed E-state index contributed by atoms with van der Waals surface area (Å²) in [6, 6.07) is 0. The zero-order valence-electron chi connectivity index (χ0n) is 7.51. The molecule has 4 heteroatoms. The van der Waals surface area contributed by atoms with E-state index < -0.39 is 0 Å². The number of ketones is 1. The van der Waals surface area contributed by atoms with Crippen LogP contribution in [0.25, 0.3) is 0 Å². The van der Waals surface area contributed by atoms with Gasteiger partial charge in [0, 0.05) is 5.41 Å². The number of hydrogen-bond donors (Lipinski definition) is 2. The maximum absolute atomic E-state index is 11.6. The van der Waals surface area contributed by atoms with Gasteiger partial charge in [-0.2, -0.15) is 0 Å². The van der Waals surface area contributed by atoms with Crippen LogP contribution in [0.5, 0.6) is 0 Å². The molecule has 66 valence electrons. The Morgan fingerprint density at radius 2 is 2.17 bits per heavy atom. The molecule has 0 aliphatic carbocycles. The normalized spacial score (nSPS) is 11.6. The lowest BCUT2D eigenvalue weighted by Gasteiger charge is -2.14. The van der Waals surface area contributed by atoms with Crippen LogP contribution in [0.15, 0.2) is 6.20 Å². The second-order valence-electron chi connectivity index (χ2n) is 3.76. The highest BCUT2D eigenvalue weighted by Gasteiger charge is 2.24. The quantitative estimate of drug-likeness (QED) is 0.618. The highest BCUT2D eigenvalue weighted by molar-refractivity contribution is 5.98. The summed E-state index contributed by atoms with van der Waals surface area (Å²) in [7, 11) is 0. The fourth-order valence-electron chi connectivity index (χ4n) is 0.856. The van der Waals surface area contributed by atoms with Crippen molar-refractivity contribution >= 4 is 11.7 Å². The maximum Gasteiger partial charge on any atom is 0.197 e. The Morgan fingerprint density at radius 1 is 1.58 bits per heavy atom. The number of nitrogen functional groups attached to an aromatic ring is 1. The summed E-state index contributed by atoms with van der Waals surface area (Å²) in [6.07, 6.45) is 1.46. The smallest absolute Gasteiger partial charge is 0.197 e. The van der Waals surface area contributed by atoms with Crippen LogP contribution >= 0.6 is 0 Å². The van der Waals surface area contributed by atoms with E-state index >= 15 is 0 Å². The Hall–Kier alpha value is -1.32. The average molecular weight is 167 g/mol. The van der Waals surface area contributed by atoms with E-state index in [1.54, 1.807) is 0 Å². The van der Waals surface area contributed by atoms with Gasteiger partial charge in [0.25, 0.3) is 0 Å². The minimum absolute atomic E-state index is 0.0201. The molecule has 0 amide bonds. The number of Topliss-reactive ketones (excluding diaryl/α,β-unsaturated/α-hetero) is 1. The highest BCUT2D eigenvalue weighted by Crippen LogP contribution is 2.19. The van der Waals surface area contributed by atoms with Crippen LogP contribution in [-0.4, -0.2) is 15.8 Å². The molecule has 12 heavy (non-hydrogen) atoms. The van der Waals surface area contributed by atoms with Crippen molar-refractivity contribution in [2.45, 2.75) is 20.8 Å². The molecule has 0 fully saturated rings. The van der Waals surface area contributed by atoms with Crippen LogP contribution in [0, 0.1) is 5.41 Å². The summed E-state index contributed by atoms with van der Waals surface area (Å²) in [4.78, 5) is 18.0. The predicted octanol–water partition coefficient (Wildman–Crippen LogP) is 1.22. The van der Waals surface area contributed by atoms with Crippen molar-refractivity contribution < 1.29 is 4.79 Å². The molecule has 0 radical (unpaired) electrons. The molecule has 0 spiro atoms. The van der Waals surface area contributed by atoms with E-state index in [0.29, 0.717) is 5.69 Å². The van der Waals surface area contributed by atoms with E-state index in [1.807, 2.05) is 20.8 Å². The number of nitrogens with one attached hydrogen (secondary N) is 1. The Morgan fingerprint density at radius 3 is 2.50 bits per heavy atom. The molecule has 1 heterocycles. The van der Waals surface area contributed by atoms with Crippen molar-refractivity contribution in [3.63, 3.8) is 0 Å². The summed E-state index contributed by atoms with van der Waals surface area (Å²) >= 11 is 0. The Kier molecular flexibility index (Phi) is 1.92. The van der Waals surface area contributed by atoms with Crippen LogP contribution < -0.4 is 5.73 Å². The molecule has 1 aromatic rings. The number of nitrogens with two attached hydrogens (primary N) is 1. The van der Waals surface area contributed by atoms with E-state index in [2.05, 4.69) is 9.97 Å². The Labute approximate surface area is 71.2 Å². The highest BCUT2D eigenvalue weighted by atomic mass is 16.1. The lowest BCUT2D eigenvalue weighted by molar-refractivity contribution is 0.0853. The van der Waals surface area contributed by atoms with E-state index in [1.165, 1.54) is 6.20 Å². The van der Waals surface area contributed by atoms with Crippen LogP contribution in [0.2, 0.25) is 0 Å². The van der Waals surface area contributed by atoms with Crippen molar-refractivity contribution in [3.8, 4) is 0 Å². The minimum atomic E-state index is -0.390. The van der Waals surface area contributed by atoms with Crippen molar-refractivity contribution in [3.05, 3.63) is 11.9 Å². The first kappa shape index (κ1) is 8.77. The largest absolute Gasteiger partial charge is 0.369 e. The van der Waals surface area contributed by atoms with Gasteiger partial charge < -0.3 is 10.7 Å². The van der Waals surface area contributed by atoms with E-state index in [0.717, 1.165) is 0 Å². The molecule has 1 aromatic heterocycles. The predicted molar refractivity (Wildman–Crippen MR) is 46.8 cm³/mol. The first-order valence-corrected chi connectivity index (χ1v) is 3.76. The summed E-state index contributed by atoms with van der Waals surface area (Å²) in [5.74, 6) is 0.300. The summed E-state index contributed by atoms with van der Waals surface area (Å²) in [5.41, 5.74) is 5.42. The molecule has 0 bridgehead atoms. The van der Waals surface area contributed by atoms with Gasteiger partial charge in [0.15, 0.2) is 11.7 Å². The molecule has 1 rings (SSSR count). The van der Waals surface area contributed by atoms with Gasteiger partial charge in [0.2, 0.25) is 0 Å². The van der Waals surface area contributed by atoms with Gasteiger partial charge in [0.1, 0.15) is 5.69 Å². The number of H-pyrrole nitrogens is 1. The van der Waals surface area contributed by atoms with Crippen molar-refractivity contribution in [2.75, 3.05) is 5.73 Å². The van der Waals surface area contributed by atoms with Gasteiger partial charge in [-0.3, -0.25) is 4.79 Å². The molecule has 0 aliphatic heterocycles. The van der Waals surface area contributed by atoms with Gasteiger partial charge in [-0.15, -0.1) is 0 Å². The molecule has 0 atom stereocenters. The summed E-state index contributed by atoms with van der Waals surface area (Å²) in [5, 5.41) is 0. The van der Waals surface area contributed by atoms with Crippen molar-refractivity contribution in [2.24, 2.45) is 5.41 Å². The summed E-state index contributed by atoms with van der Waals surface area (Å²) in [6.45, 7) is 5.56.